The van der Waals surface area contributed by atoms with Crippen molar-refractivity contribution in [2.45, 2.75) is 58.3 Å². The Morgan fingerprint density at radius 1 is 1.29 bits per heavy atom. The highest BCUT2D eigenvalue weighted by atomic mass is 32.2. The number of ether oxygens (including phenoxy) is 1. The Bertz CT molecular complexity index is 994. The van der Waals surface area contributed by atoms with Crippen LogP contribution in [0.15, 0.2) is 17.8 Å². The van der Waals surface area contributed by atoms with Crippen LogP contribution in [0.2, 0.25) is 0 Å². The Balaban J connectivity index is 2.21. The molecule has 2 aromatic heterocycles. The summed E-state index contributed by atoms with van der Waals surface area (Å²) >= 11 is 2.18. The average molecular weight is 466 g/mol. The number of thiophene rings is 1. The molecule has 2 heterocycles. The molecule has 9 nitrogen and oxygen atoms in total. The van der Waals surface area contributed by atoms with Crippen molar-refractivity contribution in [1.29, 1.82) is 0 Å². The number of primary amides is 1. The number of allylic oxidation sites excluding steroid dienone is 1. The van der Waals surface area contributed by atoms with Gasteiger partial charge in [-0.2, -0.15) is 0 Å². The minimum absolute atomic E-state index is 0.0366. The van der Waals surface area contributed by atoms with Gasteiger partial charge in [0.05, 0.1) is 22.3 Å². The van der Waals surface area contributed by atoms with Crippen molar-refractivity contribution in [3.8, 4) is 0 Å². The van der Waals surface area contributed by atoms with Gasteiger partial charge >= 0.3 is 5.97 Å². The fourth-order valence-electron chi connectivity index (χ4n) is 2.78. The molecule has 2 amide bonds. The molecule has 0 atom stereocenters. The molecule has 0 saturated carbocycles. The van der Waals surface area contributed by atoms with Crippen molar-refractivity contribution >= 4 is 45.9 Å². The average Bonchev–Trinajstić information content (AvgIpc) is 3.20. The lowest BCUT2D eigenvalue weighted by molar-refractivity contribution is -0.113. The fourth-order valence-corrected chi connectivity index (χ4v) is 4.60. The molecule has 0 aromatic carbocycles. The number of hydrogen-bond acceptors (Lipinski definition) is 8. The zero-order valence-electron chi connectivity index (χ0n) is 18.2. The number of esters is 1. The monoisotopic (exact) mass is 465 g/mol. The van der Waals surface area contributed by atoms with Gasteiger partial charge in [-0.25, -0.2) is 4.79 Å². The molecule has 11 heteroatoms. The summed E-state index contributed by atoms with van der Waals surface area (Å²) in [4.78, 5) is 37.1. The molecule has 0 aliphatic rings. The van der Waals surface area contributed by atoms with Gasteiger partial charge in [-0.05, 0) is 26.3 Å². The van der Waals surface area contributed by atoms with Crippen molar-refractivity contribution in [3.63, 3.8) is 0 Å². The summed E-state index contributed by atoms with van der Waals surface area (Å²) in [5.74, 6) is -0.635. The molecule has 2 rings (SSSR count). The van der Waals surface area contributed by atoms with Gasteiger partial charge in [-0.15, -0.1) is 28.1 Å². The number of nitrogens with one attached hydrogen (secondary N) is 1. The molecule has 0 spiro atoms. The summed E-state index contributed by atoms with van der Waals surface area (Å²) in [6.07, 6.45) is 1.39. The molecule has 0 aliphatic heterocycles. The lowest BCUT2D eigenvalue weighted by atomic mass is 10.1. The maximum Gasteiger partial charge on any atom is 0.341 e. The minimum Gasteiger partial charge on any atom is -0.459 e. The molecule has 0 saturated heterocycles. The molecular formula is C20H27N5O4S2. The van der Waals surface area contributed by atoms with E-state index in [4.69, 9.17) is 10.5 Å². The second kappa shape index (κ2) is 10.6. The molecular weight excluding hydrogens is 438 g/mol. The van der Waals surface area contributed by atoms with Crippen LogP contribution in [0.3, 0.4) is 0 Å². The maximum atomic E-state index is 12.6. The molecule has 0 bridgehead atoms. The predicted octanol–water partition coefficient (Wildman–Crippen LogP) is 3.35. The number of nitrogens with two attached hydrogens (primary N) is 1. The van der Waals surface area contributed by atoms with E-state index >= 15 is 0 Å². The first-order valence-electron chi connectivity index (χ1n) is 9.67. The summed E-state index contributed by atoms with van der Waals surface area (Å²) in [7, 11) is 0. The Kier molecular flexibility index (Phi) is 8.40. The molecule has 3 N–H and O–H groups in total. The minimum atomic E-state index is -0.672. The van der Waals surface area contributed by atoms with Crippen molar-refractivity contribution < 1.29 is 19.1 Å². The van der Waals surface area contributed by atoms with Crippen molar-refractivity contribution in [3.05, 3.63) is 34.5 Å². The SMILES string of the molecule is C=CCn1c(SCC(=O)Nc2sc(C(N)=O)c(C)c2C(=O)OC(C)C)nnc1C(C)C. The van der Waals surface area contributed by atoms with E-state index < -0.39 is 11.9 Å². The van der Waals surface area contributed by atoms with Crippen LogP contribution in [0.1, 0.15) is 65.0 Å². The Morgan fingerprint density at radius 3 is 2.52 bits per heavy atom. The Morgan fingerprint density at radius 2 is 1.97 bits per heavy atom. The van der Waals surface area contributed by atoms with Crippen LogP contribution in [-0.2, 0) is 16.1 Å². The number of anilines is 1. The number of nitrogens with zero attached hydrogens (tertiary/aromatic N) is 3. The van der Waals surface area contributed by atoms with Crippen molar-refractivity contribution in [1.82, 2.24) is 14.8 Å². The number of carbonyl (C=O) groups excluding carboxylic acids is 3. The van der Waals surface area contributed by atoms with E-state index in [1.807, 2.05) is 18.4 Å². The first kappa shape index (κ1) is 24.6. The summed E-state index contributed by atoms with van der Waals surface area (Å²) < 4.78 is 7.16. The van der Waals surface area contributed by atoms with Gasteiger partial charge in [-0.1, -0.05) is 31.7 Å². The second-order valence-corrected chi connectivity index (χ2v) is 9.27. The van der Waals surface area contributed by atoms with E-state index in [0.717, 1.165) is 17.2 Å². The van der Waals surface area contributed by atoms with Gasteiger partial charge in [-0.3, -0.25) is 9.59 Å². The van der Waals surface area contributed by atoms with Crippen LogP contribution in [-0.4, -0.2) is 44.4 Å². The molecule has 0 fully saturated rings. The van der Waals surface area contributed by atoms with Crippen LogP contribution in [0.25, 0.3) is 0 Å². The van der Waals surface area contributed by atoms with Gasteiger partial charge in [0.2, 0.25) is 5.91 Å². The third-order valence-electron chi connectivity index (χ3n) is 4.08. The number of thioether (sulfide) groups is 1. The number of hydrogen-bond donors (Lipinski definition) is 2. The predicted molar refractivity (Wildman–Crippen MR) is 122 cm³/mol. The molecule has 0 aliphatic carbocycles. The Hall–Kier alpha value is -2.66. The van der Waals surface area contributed by atoms with Gasteiger partial charge in [0.1, 0.15) is 10.8 Å². The van der Waals surface area contributed by atoms with E-state index in [9.17, 15) is 14.4 Å². The van der Waals surface area contributed by atoms with E-state index in [1.165, 1.54) is 11.8 Å². The number of aromatic nitrogens is 3. The maximum absolute atomic E-state index is 12.6. The Labute approximate surface area is 189 Å². The van der Waals surface area contributed by atoms with Crippen LogP contribution in [0.4, 0.5) is 5.00 Å². The molecule has 0 unspecified atom stereocenters. The number of rotatable bonds is 10. The van der Waals surface area contributed by atoms with Gasteiger partial charge in [0, 0.05) is 12.5 Å². The summed E-state index contributed by atoms with van der Waals surface area (Å²) in [5.41, 5.74) is 5.94. The quantitative estimate of drug-likeness (QED) is 0.313. The highest BCUT2D eigenvalue weighted by molar-refractivity contribution is 7.99. The van der Waals surface area contributed by atoms with Crippen molar-refractivity contribution in [2.24, 2.45) is 5.73 Å². The van der Waals surface area contributed by atoms with E-state index in [0.29, 0.717) is 17.3 Å². The third kappa shape index (κ3) is 5.95. The zero-order valence-corrected chi connectivity index (χ0v) is 19.9. The fraction of sp³-hybridized carbons (Fsp3) is 0.450. The van der Waals surface area contributed by atoms with Crippen molar-refractivity contribution in [2.75, 3.05) is 11.1 Å². The lowest BCUT2D eigenvalue weighted by Crippen LogP contribution is -2.18. The molecule has 2 aromatic rings. The van der Waals surface area contributed by atoms with Gasteiger partial charge in [0.25, 0.3) is 5.91 Å². The number of carbonyl (C=O) groups is 3. The molecule has 31 heavy (non-hydrogen) atoms. The lowest BCUT2D eigenvalue weighted by Gasteiger charge is -2.11. The van der Waals surface area contributed by atoms with Gasteiger partial charge < -0.3 is 20.4 Å². The highest BCUT2D eigenvalue weighted by Gasteiger charge is 2.26. The van der Waals surface area contributed by atoms with Crippen LogP contribution in [0.5, 0.6) is 0 Å². The van der Waals surface area contributed by atoms with Gasteiger partial charge in [0.15, 0.2) is 5.16 Å². The number of amides is 2. The van der Waals surface area contributed by atoms with Crippen LogP contribution in [0, 0.1) is 6.92 Å². The topological polar surface area (TPSA) is 129 Å². The smallest absolute Gasteiger partial charge is 0.341 e. The zero-order chi connectivity index (χ0) is 23.3. The molecule has 0 radical (unpaired) electrons. The highest BCUT2D eigenvalue weighted by Crippen LogP contribution is 2.34. The second-order valence-electron chi connectivity index (χ2n) is 7.31. The van der Waals surface area contributed by atoms with E-state index in [1.54, 1.807) is 26.8 Å². The van der Waals surface area contributed by atoms with Crippen LogP contribution >= 0.6 is 23.1 Å². The summed E-state index contributed by atoms with van der Waals surface area (Å²) in [6.45, 7) is 13.3. The largest absolute Gasteiger partial charge is 0.459 e. The van der Waals surface area contributed by atoms with E-state index in [-0.39, 0.29) is 39.1 Å². The normalized spacial score (nSPS) is 11.1. The third-order valence-corrected chi connectivity index (χ3v) is 6.26. The molecule has 168 valence electrons. The first-order chi connectivity index (χ1) is 14.6. The van der Waals surface area contributed by atoms with E-state index in [2.05, 4.69) is 22.1 Å². The summed E-state index contributed by atoms with van der Waals surface area (Å²) in [5, 5.41) is 11.9. The standard InChI is InChI=1S/C20H27N5O4S2/c1-7-8-25-17(10(2)3)23-24-20(25)30-9-13(26)22-18-14(19(28)29-11(4)5)12(6)15(31-18)16(21)27/h7,10-11H,1,8-9H2,2-6H3,(H2,21,27)(H,22,26). The van der Waals surface area contributed by atoms with Crippen LogP contribution < -0.4 is 11.1 Å². The summed E-state index contributed by atoms with van der Waals surface area (Å²) in [6, 6.07) is 0. The first-order valence-corrected chi connectivity index (χ1v) is 11.5.